The lowest BCUT2D eigenvalue weighted by Crippen LogP contribution is -2.13. The number of H-pyrrole nitrogens is 1. The number of rotatable bonds is 6. The van der Waals surface area contributed by atoms with Gasteiger partial charge in [0, 0.05) is 36.0 Å². The first-order valence-electron chi connectivity index (χ1n) is 11.9. The Morgan fingerprint density at radius 3 is 2.62 bits per heavy atom. The number of anilines is 3. The quantitative estimate of drug-likeness (QED) is 0.220. The van der Waals surface area contributed by atoms with Gasteiger partial charge in [-0.2, -0.15) is 5.26 Å². The molecule has 0 atom stereocenters. The van der Waals surface area contributed by atoms with E-state index in [9.17, 15) is 13.6 Å². The van der Waals surface area contributed by atoms with Crippen LogP contribution >= 0.6 is 0 Å². The van der Waals surface area contributed by atoms with Crippen LogP contribution in [-0.2, 0) is 5.41 Å². The van der Waals surface area contributed by atoms with Gasteiger partial charge in [-0.3, -0.25) is 4.79 Å². The Bertz CT molecular complexity index is 1670. The van der Waals surface area contributed by atoms with Gasteiger partial charge in [0.2, 0.25) is 0 Å². The van der Waals surface area contributed by atoms with E-state index in [1.165, 1.54) is 18.5 Å². The highest BCUT2D eigenvalue weighted by molar-refractivity contribution is 5.94. The highest BCUT2D eigenvalue weighted by Gasteiger charge is 2.20. The molecule has 0 saturated heterocycles. The topological polar surface area (TPSA) is 119 Å². The molecule has 196 valence electrons. The Morgan fingerprint density at radius 2 is 1.87 bits per heavy atom. The van der Waals surface area contributed by atoms with Crippen molar-refractivity contribution in [3.63, 3.8) is 0 Å². The summed E-state index contributed by atoms with van der Waals surface area (Å²) in [5.74, 6) is -1.15. The van der Waals surface area contributed by atoms with Crippen molar-refractivity contribution >= 4 is 34.5 Å². The zero-order chi connectivity index (χ0) is 28.0. The van der Waals surface area contributed by atoms with E-state index >= 15 is 0 Å². The summed E-state index contributed by atoms with van der Waals surface area (Å²) < 4.78 is 28.7. The van der Waals surface area contributed by atoms with Crippen LogP contribution in [0.15, 0.2) is 73.3 Å². The number of aromatic amines is 1. The third-order valence-electron chi connectivity index (χ3n) is 6.04. The molecule has 8 nitrogen and oxygen atoms in total. The number of nitrogens with zero attached hydrogens (tertiary/aromatic N) is 4. The normalized spacial score (nSPS) is 10.8. The number of aldehydes is 1. The number of nitriles is 1. The summed E-state index contributed by atoms with van der Waals surface area (Å²) in [6, 6.07) is 17.2. The molecule has 0 fully saturated rings. The standard InChI is InChI=1S/C18H14F2N6.C11H11NO/c1-21-13-5-4-12(19)16(14(13)20)26-18-10(3-2-7-22-18)15-11-6-8-23-17(11)25-9-24-15;1-11(2,8-12)10-5-3-4-9(6-10)7-13/h2-9,21H,1H3,(H,22,26)(H,23,24,25);3-7H,1-2H3. The molecule has 0 aliphatic heterocycles. The second-order valence-corrected chi connectivity index (χ2v) is 9.00. The average Bonchev–Trinajstić information content (AvgIpc) is 3.45. The molecule has 5 aromatic rings. The zero-order valence-electron chi connectivity index (χ0n) is 21.5. The lowest BCUT2D eigenvalue weighted by Gasteiger charge is -2.15. The van der Waals surface area contributed by atoms with Crippen molar-refractivity contribution in [3.8, 4) is 17.3 Å². The largest absolute Gasteiger partial charge is 0.386 e. The molecule has 5 rings (SSSR count). The highest BCUT2D eigenvalue weighted by Crippen LogP contribution is 2.34. The Labute approximate surface area is 223 Å². The number of hydrogen-bond donors (Lipinski definition) is 3. The number of halogens is 2. The predicted molar refractivity (Wildman–Crippen MR) is 147 cm³/mol. The minimum absolute atomic E-state index is 0.182. The van der Waals surface area contributed by atoms with Crippen LogP contribution in [-0.4, -0.2) is 33.3 Å². The summed E-state index contributed by atoms with van der Waals surface area (Å²) in [6.07, 6.45) is 5.51. The molecule has 0 radical (unpaired) electrons. The maximum Gasteiger partial charge on any atom is 0.172 e. The summed E-state index contributed by atoms with van der Waals surface area (Å²) in [5, 5.41) is 15.1. The fourth-order valence-corrected chi connectivity index (χ4v) is 3.83. The molecule has 0 spiro atoms. The molecule has 0 aliphatic carbocycles. The van der Waals surface area contributed by atoms with E-state index < -0.39 is 17.0 Å². The number of aromatic nitrogens is 4. The van der Waals surface area contributed by atoms with Crippen LogP contribution in [0.4, 0.5) is 26.0 Å². The van der Waals surface area contributed by atoms with Gasteiger partial charge in [0.15, 0.2) is 5.82 Å². The van der Waals surface area contributed by atoms with E-state index in [4.69, 9.17) is 5.26 Å². The molecule has 0 unspecified atom stereocenters. The minimum atomic E-state index is -0.724. The molecule has 0 saturated carbocycles. The monoisotopic (exact) mass is 525 g/mol. The van der Waals surface area contributed by atoms with Crippen molar-refractivity contribution in [2.24, 2.45) is 0 Å². The Balaban J connectivity index is 0.000000229. The van der Waals surface area contributed by atoms with Crippen molar-refractivity contribution in [1.29, 1.82) is 5.26 Å². The van der Waals surface area contributed by atoms with Gasteiger partial charge in [0.05, 0.1) is 22.9 Å². The van der Waals surface area contributed by atoms with Crippen LogP contribution in [0.25, 0.3) is 22.3 Å². The molecule has 39 heavy (non-hydrogen) atoms. The predicted octanol–water partition coefficient (Wildman–Crippen LogP) is 6.38. The van der Waals surface area contributed by atoms with Gasteiger partial charge in [-0.05, 0) is 55.8 Å². The number of nitrogens with one attached hydrogen (secondary N) is 3. The molecule has 10 heteroatoms. The second-order valence-electron chi connectivity index (χ2n) is 9.00. The third kappa shape index (κ3) is 5.72. The molecule has 3 heterocycles. The first kappa shape index (κ1) is 26.9. The Kier molecular flexibility index (Phi) is 7.91. The van der Waals surface area contributed by atoms with E-state index in [1.807, 2.05) is 26.0 Å². The fourth-order valence-electron chi connectivity index (χ4n) is 3.83. The van der Waals surface area contributed by atoms with E-state index in [0.29, 0.717) is 28.3 Å². The van der Waals surface area contributed by atoms with E-state index in [0.717, 1.165) is 17.2 Å². The molecule has 0 bridgehead atoms. The van der Waals surface area contributed by atoms with Gasteiger partial charge in [-0.15, -0.1) is 0 Å². The number of benzene rings is 2. The molecular formula is C29H25F2N7O. The SMILES string of the molecule is CC(C)(C#N)c1cccc(C=O)c1.CNc1ccc(F)c(Nc2ncccc2-c2ncnc3[nH]ccc23)c1F. The van der Waals surface area contributed by atoms with E-state index in [-0.39, 0.29) is 11.4 Å². The number of fused-ring (bicyclic) bond motifs is 1. The van der Waals surface area contributed by atoms with Crippen molar-refractivity contribution < 1.29 is 13.6 Å². The van der Waals surface area contributed by atoms with Crippen molar-refractivity contribution in [2.45, 2.75) is 19.3 Å². The maximum absolute atomic E-state index is 14.5. The van der Waals surface area contributed by atoms with Crippen LogP contribution in [0.5, 0.6) is 0 Å². The van der Waals surface area contributed by atoms with Crippen molar-refractivity contribution in [3.05, 3.63) is 96.1 Å². The van der Waals surface area contributed by atoms with Crippen LogP contribution in [0.3, 0.4) is 0 Å². The number of carbonyl (C=O) groups excluding carboxylic acids is 1. The third-order valence-corrected chi connectivity index (χ3v) is 6.04. The molecule has 2 aromatic carbocycles. The van der Waals surface area contributed by atoms with Gasteiger partial charge >= 0.3 is 0 Å². The van der Waals surface area contributed by atoms with Gasteiger partial charge < -0.3 is 15.6 Å². The average molecular weight is 526 g/mol. The van der Waals surface area contributed by atoms with Gasteiger partial charge in [-0.25, -0.2) is 23.7 Å². The van der Waals surface area contributed by atoms with Crippen LogP contribution in [0, 0.1) is 23.0 Å². The minimum Gasteiger partial charge on any atom is -0.386 e. The summed E-state index contributed by atoms with van der Waals surface area (Å²) >= 11 is 0. The van der Waals surface area contributed by atoms with E-state index in [1.54, 1.807) is 49.8 Å². The maximum atomic E-state index is 14.5. The fraction of sp³-hybridized carbons (Fsp3) is 0.138. The first-order valence-corrected chi connectivity index (χ1v) is 11.9. The van der Waals surface area contributed by atoms with Crippen LogP contribution in [0.2, 0.25) is 0 Å². The lowest BCUT2D eigenvalue weighted by atomic mass is 9.86. The smallest absolute Gasteiger partial charge is 0.172 e. The van der Waals surface area contributed by atoms with Crippen molar-refractivity contribution in [1.82, 2.24) is 19.9 Å². The lowest BCUT2D eigenvalue weighted by molar-refractivity contribution is 0.112. The molecular weight excluding hydrogens is 500 g/mol. The summed E-state index contributed by atoms with van der Waals surface area (Å²) in [6.45, 7) is 3.66. The summed E-state index contributed by atoms with van der Waals surface area (Å²) in [5.41, 5.74) is 2.74. The number of carbonyl (C=O) groups is 1. The summed E-state index contributed by atoms with van der Waals surface area (Å²) in [7, 11) is 1.57. The Morgan fingerprint density at radius 1 is 1.05 bits per heavy atom. The van der Waals surface area contributed by atoms with E-state index in [2.05, 4.69) is 36.6 Å². The molecule has 3 N–H and O–H groups in total. The molecule has 0 aliphatic rings. The number of pyridine rings is 1. The molecule has 0 amide bonds. The second kappa shape index (κ2) is 11.5. The number of hydrogen-bond acceptors (Lipinski definition) is 7. The van der Waals surface area contributed by atoms with Crippen molar-refractivity contribution in [2.75, 3.05) is 17.7 Å². The van der Waals surface area contributed by atoms with Gasteiger partial charge in [0.25, 0.3) is 0 Å². The Hall–Kier alpha value is -5.17. The first-order chi connectivity index (χ1) is 18.8. The van der Waals surface area contributed by atoms with Gasteiger partial charge in [-0.1, -0.05) is 18.2 Å². The van der Waals surface area contributed by atoms with Crippen LogP contribution in [0.1, 0.15) is 29.8 Å². The zero-order valence-corrected chi connectivity index (χ0v) is 21.5. The van der Waals surface area contributed by atoms with Gasteiger partial charge in [0.1, 0.15) is 35.6 Å². The summed E-state index contributed by atoms with van der Waals surface area (Å²) in [4.78, 5) is 26.2. The van der Waals surface area contributed by atoms with Crippen LogP contribution < -0.4 is 10.6 Å². The highest BCUT2D eigenvalue weighted by atomic mass is 19.1. The molecule has 3 aromatic heterocycles.